The Bertz CT molecular complexity index is 774. The van der Waals surface area contributed by atoms with Crippen LogP contribution in [-0.4, -0.2) is 11.9 Å². The molecule has 0 saturated carbocycles. The molecule has 0 aliphatic carbocycles. The molecule has 0 fully saturated rings. The van der Waals surface area contributed by atoms with Gasteiger partial charge in [-0.3, -0.25) is 0 Å². The minimum atomic E-state index is -1.21. The summed E-state index contributed by atoms with van der Waals surface area (Å²) >= 11 is 0. The maximum Gasteiger partial charge on any atom is 0.0720 e. The second-order valence-electron chi connectivity index (χ2n) is 5.82. The van der Waals surface area contributed by atoms with Crippen LogP contribution in [0.25, 0.3) is 10.8 Å². The van der Waals surface area contributed by atoms with Gasteiger partial charge in [0.05, 0.1) is 11.9 Å². The van der Waals surface area contributed by atoms with Crippen LogP contribution in [0.3, 0.4) is 0 Å². The van der Waals surface area contributed by atoms with Gasteiger partial charge in [-0.05, 0) is 85.7 Å². The van der Waals surface area contributed by atoms with Gasteiger partial charge < -0.3 is 19.8 Å². The third-order valence-corrected chi connectivity index (χ3v) is 4.78. The molecular formula is C18H18O4-2. The van der Waals surface area contributed by atoms with E-state index in [-0.39, 0.29) is 11.1 Å². The number of carbonyl (C=O) groups excluding carboxylic acids is 2. The molecular weight excluding hydrogens is 280 g/mol. The average molecular weight is 298 g/mol. The highest BCUT2D eigenvalue weighted by molar-refractivity contribution is 6.07. The van der Waals surface area contributed by atoms with Crippen molar-refractivity contribution in [3.05, 3.63) is 44.5 Å². The minimum absolute atomic E-state index is 0.188. The summed E-state index contributed by atoms with van der Waals surface area (Å²) < 4.78 is 0. The van der Waals surface area contributed by atoms with Crippen molar-refractivity contribution < 1.29 is 19.8 Å². The van der Waals surface area contributed by atoms with Gasteiger partial charge in [-0.2, -0.15) is 0 Å². The summed E-state index contributed by atoms with van der Waals surface area (Å²) in [5.41, 5.74) is 4.37. The Kier molecular flexibility index (Phi) is 3.73. The third kappa shape index (κ3) is 1.98. The van der Waals surface area contributed by atoms with E-state index in [9.17, 15) is 19.8 Å². The van der Waals surface area contributed by atoms with Gasteiger partial charge in [0.1, 0.15) is 0 Å². The van der Waals surface area contributed by atoms with Crippen LogP contribution in [0.1, 0.15) is 54.1 Å². The van der Waals surface area contributed by atoms with E-state index in [1.54, 1.807) is 27.7 Å². The molecule has 0 aliphatic rings. The maximum absolute atomic E-state index is 11.5. The van der Waals surface area contributed by atoms with Gasteiger partial charge >= 0.3 is 0 Å². The van der Waals surface area contributed by atoms with Gasteiger partial charge in [-0.25, -0.2) is 0 Å². The van der Waals surface area contributed by atoms with Gasteiger partial charge in [-0.1, -0.05) is 0 Å². The number of carboxylic acids is 2. The van der Waals surface area contributed by atoms with E-state index in [1.165, 1.54) is 0 Å². The van der Waals surface area contributed by atoms with Crippen LogP contribution in [0.5, 0.6) is 0 Å². The van der Waals surface area contributed by atoms with E-state index in [0.717, 1.165) is 21.9 Å². The molecule has 4 heteroatoms. The van der Waals surface area contributed by atoms with Crippen molar-refractivity contribution >= 4 is 22.7 Å². The SMILES string of the molecule is Cc1c(C(=O)[O-])c(C)c2c(C)c(C)c(C(=O)[O-])c(C)c2c1C. The number of rotatable bonds is 2. The summed E-state index contributed by atoms with van der Waals surface area (Å²) in [6.45, 7) is 10.5. The van der Waals surface area contributed by atoms with Gasteiger partial charge in [0.15, 0.2) is 0 Å². The zero-order valence-electron chi connectivity index (χ0n) is 13.6. The molecule has 0 saturated heterocycles. The summed E-state index contributed by atoms with van der Waals surface area (Å²) in [5, 5.41) is 24.5. The number of hydrogen-bond acceptors (Lipinski definition) is 4. The van der Waals surface area contributed by atoms with Crippen molar-refractivity contribution in [2.24, 2.45) is 0 Å². The van der Waals surface area contributed by atoms with E-state index in [1.807, 2.05) is 13.8 Å². The summed E-state index contributed by atoms with van der Waals surface area (Å²) in [6, 6.07) is 0. The summed E-state index contributed by atoms with van der Waals surface area (Å²) in [4.78, 5) is 23.0. The quantitative estimate of drug-likeness (QED) is 0.839. The van der Waals surface area contributed by atoms with Crippen molar-refractivity contribution in [1.29, 1.82) is 0 Å². The highest BCUT2D eigenvalue weighted by Gasteiger charge is 2.20. The molecule has 116 valence electrons. The lowest BCUT2D eigenvalue weighted by atomic mass is 9.83. The van der Waals surface area contributed by atoms with Crippen molar-refractivity contribution in [3.8, 4) is 0 Å². The Morgan fingerprint density at radius 3 is 1.05 bits per heavy atom. The molecule has 2 aromatic rings. The van der Waals surface area contributed by atoms with Gasteiger partial charge in [0.25, 0.3) is 0 Å². The highest BCUT2D eigenvalue weighted by Crippen LogP contribution is 2.37. The molecule has 0 atom stereocenters. The average Bonchev–Trinajstić information content (AvgIpc) is 2.39. The first-order valence-corrected chi connectivity index (χ1v) is 7.07. The first-order valence-electron chi connectivity index (χ1n) is 7.07. The zero-order valence-corrected chi connectivity index (χ0v) is 13.6. The van der Waals surface area contributed by atoms with Crippen LogP contribution in [-0.2, 0) is 0 Å². The van der Waals surface area contributed by atoms with Crippen molar-refractivity contribution in [3.63, 3.8) is 0 Å². The van der Waals surface area contributed by atoms with E-state index in [2.05, 4.69) is 0 Å². The Hall–Kier alpha value is -2.36. The monoisotopic (exact) mass is 298 g/mol. The van der Waals surface area contributed by atoms with E-state index in [4.69, 9.17) is 0 Å². The van der Waals surface area contributed by atoms with E-state index < -0.39 is 11.9 Å². The fourth-order valence-electron chi connectivity index (χ4n) is 3.49. The summed E-state index contributed by atoms with van der Waals surface area (Å²) in [6.07, 6.45) is 0. The van der Waals surface area contributed by atoms with Crippen molar-refractivity contribution in [2.45, 2.75) is 41.5 Å². The molecule has 2 aromatic carbocycles. The molecule has 0 bridgehead atoms. The van der Waals surface area contributed by atoms with Crippen molar-refractivity contribution in [2.75, 3.05) is 0 Å². The van der Waals surface area contributed by atoms with Gasteiger partial charge in [0.2, 0.25) is 0 Å². The van der Waals surface area contributed by atoms with Gasteiger partial charge in [-0.15, -0.1) is 0 Å². The van der Waals surface area contributed by atoms with E-state index in [0.29, 0.717) is 22.3 Å². The van der Waals surface area contributed by atoms with Crippen LogP contribution in [0.4, 0.5) is 0 Å². The number of benzene rings is 2. The molecule has 2 rings (SSSR count). The molecule has 0 aliphatic heterocycles. The van der Waals surface area contributed by atoms with E-state index >= 15 is 0 Å². The molecule has 0 unspecified atom stereocenters. The largest absolute Gasteiger partial charge is 0.545 e. The normalized spacial score (nSPS) is 11.0. The number of aromatic carboxylic acids is 2. The van der Waals surface area contributed by atoms with Crippen LogP contribution >= 0.6 is 0 Å². The lowest BCUT2D eigenvalue weighted by molar-refractivity contribution is -0.256. The highest BCUT2D eigenvalue weighted by atomic mass is 16.4. The Morgan fingerprint density at radius 2 is 0.818 bits per heavy atom. The maximum atomic E-state index is 11.5. The molecule has 0 amide bonds. The van der Waals surface area contributed by atoms with Crippen LogP contribution in [0.15, 0.2) is 0 Å². The number of carboxylic acid groups (broad SMARTS) is 2. The smallest absolute Gasteiger partial charge is 0.0720 e. The summed E-state index contributed by atoms with van der Waals surface area (Å²) in [7, 11) is 0. The topological polar surface area (TPSA) is 80.3 Å². The molecule has 0 N–H and O–H groups in total. The molecule has 4 nitrogen and oxygen atoms in total. The first-order chi connectivity index (χ1) is 10.1. The van der Waals surface area contributed by atoms with Gasteiger partial charge in [0, 0.05) is 11.1 Å². The summed E-state index contributed by atoms with van der Waals surface area (Å²) in [5.74, 6) is -2.42. The molecule has 0 aromatic heterocycles. The van der Waals surface area contributed by atoms with Crippen molar-refractivity contribution in [1.82, 2.24) is 0 Å². The Morgan fingerprint density at radius 1 is 0.545 bits per heavy atom. The van der Waals surface area contributed by atoms with Crippen LogP contribution in [0, 0.1) is 41.5 Å². The second kappa shape index (κ2) is 5.13. The molecule has 0 radical (unpaired) electrons. The zero-order chi connectivity index (χ0) is 16.9. The molecule has 0 heterocycles. The minimum Gasteiger partial charge on any atom is -0.545 e. The fraction of sp³-hybridized carbons (Fsp3) is 0.333. The molecule has 0 spiro atoms. The number of hydrogen-bond donors (Lipinski definition) is 0. The van der Waals surface area contributed by atoms with Crippen LogP contribution in [0.2, 0.25) is 0 Å². The standard InChI is InChI=1S/C18H20O4/c1-7-9(3)15(17(19)20)12(6)14-8(2)10(4)16(18(21)22)11(5)13(7)14/h1-6H3,(H,19,20)(H,21,22)/p-2. The molecule has 22 heavy (non-hydrogen) atoms. The number of carbonyl (C=O) groups is 2. The number of aryl methyl sites for hydroxylation is 4. The third-order valence-electron chi connectivity index (χ3n) is 4.78. The predicted molar refractivity (Wildman–Crippen MR) is 81.0 cm³/mol. The Balaban J connectivity index is 3.22. The van der Waals surface area contributed by atoms with Crippen LogP contribution < -0.4 is 10.2 Å². The lowest BCUT2D eigenvalue weighted by Crippen LogP contribution is -2.26. The number of fused-ring (bicyclic) bond motifs is 1. The first kappa shape index (κ1) is 16.0. The Labute approximate surface area is 129 Å². The predicted octanol–water partition coefficient (Wildman–Crippen LogP) is 1.42. The second-order valence-corrected chi connectivity index (χ2v) is 5.82. The fourth-order valence-corrected chi connectivity index (χ4v) is 3.49. The lowest BCUT2D eigenvalue weighted by Gasteiger charge is -2.24.